The molecule has 5 aromatic rings. The van der Waals surface area contributed by atoms with E-state index in [1.54, 1.807) is 12.4 Å². The molecule has 0 aliphatic carbocycles. The standard InChI is InChI=1S/C22H18FN6O/c1-13(28-22-19-21(25-11-24-19)26-12-27-22)17-9-15-7-8-16(23)10-18(15)29(30)20(17)14-5-3-2-4-6-14/h2-13,30H,1H3,(H2,24,25,26,27,28)/q+1. The molecule has 3 N–H and O–H groups in total. The number of aromatic nitrogens is 5. The molecular formula is C22H18FN6O+. The van der Waals surface area contributed by atoms with Gasteiger partial charge in [-0.3, -0.25) is 5.21 Å². The molecule has 1 unspecified atom stereocenters. The molecule has 0 amide bonds. The minimum atomic E-state index is -0.411. The lowest BCUT2D eigenvalue weighted by Gasteiger charge is -2.17. The Hall–Kier alpha value is -4.07. The van der Waals surface area contributed by atoms with E-state index in [1.165, 1.54) is 18.5 Å². The van der Waals surface area contributed by atoms with E-state index in [0.717, 1.165) is 21.2 Å². The van der Waals surface area contributed by atoms with Crippen LogP contribution in [0.5, 0.6) is 0 Å². The van der Waals surface area contributed by atoms with Gasteiger partial charge in [0.15, 0.2) is 11.5 Å². The molecule has 2 aromatic carbocycles. The van der Waals surface area contributed by atoms with E-state index in [4.69, 9.17) is 0 Å². The van der Waals surface area contributed by atoms with Gasteiger partial charge in [-0.15, -0.1) is 0 Å². The Kier molecular flexibility index (Phi) is 4.24. The number of rotatable bonds is 4. The van der Waals surface area contributed by atoms with Crippen molar-refractivity contribution in [2.45, 2.75) is 13.0 Å². The Bertz CT molecular complexity index is 1370. The largest absolute Gasteiger partial charge is 0.361 e. The summed E-state index contributed by atoms with van der Waals surface area (Å²) in [4.78, 5) is 15.7. The van der Waals surface area contributed by atoms with Crippen LogP contribution >= 0.6 is 0 Å². The van der Waals surface area contributed by atoms with Gasteiger partial charge in [0.25, 0.3) is 11.2 Å². The molecule has 5 rings (SSSR count). The predicted molar refractivity (Wildman–Crippen MR) is 110 cm³/mol. The molecule has 8 heteroatoms. The molecule has 0 fully saturated rings. The van der Waals surface area contributed by atoms with Crippen molar-refractivity contribution in [2.24, 2.45) is 0 Å². The quantitative estimate of drug-likeness (QED) is 0.313. The predicted octanol–water partition coefficient (Wildman–Crippen LogP) is 4.01. The lowest BCUT2D eigenvalue weighted by molar-refractivity contribution is -0.876. The molecule has 7 nitrogen and oxygen atoms in total. The second-order valence-corrected chi connectivity index (χ2v) is 7.02. The number of benzene rings is 2. The minimum Gasteiger partial charge on any atom is -0.361 e. The highest BCUT2D eigenvalue weighted by molar-refractivity contribution is 5.83. The van der Waals surface area contributed by atoms with Gasteiger partial charge in [-0.1, -0.05) is 18.2 Å². The first-order chi connectivity index (χ1) is 14.6. The number of anilines is 1. The van der Waals surface area contributed by atoms with Gasteiger partial charge in [-0.25, -0.2) is 19.3 Å². The maximum Gasteiger partial charge on any atom is 0.270 e. The summed E-state index contributed by atoms with van der Waals surface area (Å²) >= 11 is 0. The van der Waals surface area contributed by atoms with Gasteiger partial charge in [0.1, 0.15) is 17.7 Å². The van der Waals surface area contributed by atoms with Gasteiger partial charge < -0.3 is 10.3 Å². The number of hydrogen-bond donors (Lipinski definition) is 3. The number of H-pyrrole nitrogens is 1. The summed E-state index contributed by atoms with van der Waals surface area (Å²) in [5.74, 6) is 0.193. The topological polar surface area (TPSA) is 90.6 Å². The van der Waals surface area contributed by atoms with Crippen molar-refractivity contribution in [2.75, 3.05) is 5.32 Å². The van der Waals surface area contributed by atoms with Crippen molar-refractivity contribution in [3.63, 3.8) is 0 Å². The number of hydrogen-bond acceptors (Lipinski definition) is 5. The number of aromatic amines is 1. The van der Waals surface area contributed by atoms with Crippen LogP contribution in [0.1, 0.15) is 18.5 Å². The van der Waals surface area contributed by atoms with Gasteiger partial charge in [0, 0.05) is 4.73 Å². The van der Waals surface area contributed by atoms with Crippen LogP contribution in [-0.2, 0) is 0 Å². The van der Waals surface area contributed by atoms with Crippen LogP contribution in [-0.4, -0.2) is 25.1 Å². The fraction of sp³-hybridized carbons (Fsp3) is 0.0909. The summed E-state index contributed by atoms with van der Waals surface area (Å²) in [6.07, 6.45) is 3.02. The smallest absolute Gasteiger partial charge is 0.270 e. The molecular weight excluding hydrogens is 383 g/mol. The second kappa shape index (κ2) is 7.07. The lowest BCUT2D eigenvalue weighted by Crippen LogP contribution is -2.36. The third kappa shape index (κ3) is 2.98. The van der Waals surface area contributed by atoms with E-state index in [-0.39, 0.29) is 6.04 Å². The Morgan fingerprint density at radius 3 is 2.73 bits per heavy atom. The number of nitrogens with zero attached hydrogens (tertiary/aromatic N) is 4. The highest BCUT2D eigenvalue weighted by Gasteiger charge is 2.27. The second-order valence-electron chi connectivity index (χ2n) is 7.02. The van der Waals surface area contributed by atoms with E-state index in [9.17, 15) is 9.60 Å². The Morgan fingerprint density at radius 2 is 1.90 bits per heavy atom. The lowest BCUT2D eigenvalue weighted by atomic mass is 9.98. The van der Waals surface area contributed by atoms with Crippen LogP contribution in [0.15, 0.2) is 67.3 Å². The monoisotopic (exact) mass is 401 g/mol. The molecule has 0 bridgehead atoms. The third-order valence-electron chi connectivity index (χ3n) is 5.11. The first kappa shape index (κ1) is 18.0. The first-order valence-corrected chi connectivity index (χ1v) is 9.45. The number of imidazole rings is 1. The molecule has 0 saturated heterocycles. The summed E-state index contributed by atoms with van der Waals surface area (Å²) < 4.78 is 14.9. The highest BCUT2D eigenvalue weighted by atomic mass is 19.1. The molecule has 3 aromatic heterocycles. The van der Waals surface area contributed by atoms with Gasteiger partial charge in [0.05, 0.1) is 34.9 Å². The summed E-state index contributed by atoms with van der Waals surface area (Å²) in [5.41, 5.74) is 3.87. The molecule has 0 spiro atoms. The van der Waals surface area contributed by atoms with Crippen molar-refractivity contribution in [3.8, 4) is 11.3 Å². The third-order valence-corrected chi connectivity index (χ3v) is 5.11. The molecule has 148 valence electrons. The van der Waals surface area contributed by atoms with E-state index < -0.39 is 5.82 Å². The van der Waals surface area contributed by atoms with E-state index in [0.29, 0.717) is 28.2 Å². The van der Waals surface area contributed by atoms with Crippen molar-refractivity contribution < 1.29 is 14.3 Å². The molecule has 30 heavy (non-hydrogen) atoms. The number of nitrogens with one attached hydrogen (secondary N) is 2. The van der Waals surface area contributed by atoms with Crippen LogP contribution in [0.25, 0.3) is 33.3 Å². The van der Waals surface area contributed by atoms with Gasteiger partial charge in [0.2, 0.25) is 0 Å². The van der Waals surface area contributed by atoms with Crippen molar-refractivity contribution in [3.05, 3.63) is 78.6 Å². The van der Waals surface area contributed by atoms with E-state index >= 15 is 0 Å². The average Bonchev–Trinajstić information content (AvgIpc) is 3.24. The van der Waals surface area contributed by atoms with Crippen LogP contribution in [0.2, 0.25) is 0 Å². The summed E-state index contributed by atoms with van der Waals surface area (Å²) in [6.45, 7) is 1.97. The fourth-order valence-electron chi connectivity index (χ4n) is 3.67. The fourth-order valence-corrected chi connectivity index (χ4v) is 3.67. The summed E-state index contributed by atoms with van der Waals surface area (Å²) in [5, 5.41) is 15.1. The summed E-state index contributed by atoms with van der Waals surface area (Å²) in [7, 11) is 0. The van der Waals surface area contributed by atoms with Crippen LogP contribution < -0.4 is 10.0 Å². The highest BCUT2D eigenvalue weighted by Crippen LogP contribution is 2.31. The number of halogens is 1. The Morgan fingerprint density at radius 1 is 1.07 bits per heavy atom. The minimum absolute atomic E-state index is 0.241. The molecule has 0 aliphatic rings. The molecule has 3 heterocycles. The van der Waals surface area contributed by atoms with E-state index in [2.05, 4.69) is 25.3 Å². The molecule has 0 radical (unpaired) electrons. The SMILES string of the molecule is CC(Nc1ncnc2nc[nH]c12)c1cc2ccc(F)cc2[n+](O)c1-c1ccccc1. The zero-order valence-electron chi connectivity index (χ0n) is 16.0. The molecule has 0 saturated carbocycles. The molecule has 0 aliphatic heterocycles. The maximum absolute atomic E-state index is 13.9. The van der Waals surface area contributed by atoms with Crippen LogP contribution in [0.3, 0.4) is 0 Å². The summed E-state index contributed by atoms with van der Waals surface area (Å²) in [6, 6.07) is 15.6. The van der Waals surface area contributed by atoms with Crippen LogP contribution in [0, 0.1) is 5.82 Å². The van der Waals surface area contributed by atoms with Crippen molar-refractivity contribution >= 4 is 27.9 Å². The first-order valence-electron chi connectivity index (χ1n) is 9.45. The maximum atomic E-state index is 13.9. The van der Waals surface area contributed by atoms with E-state index in [1.807, 2.05) is 43.3 Å². The van der Waals surface area contributed by atoms with Gasteiger partial charge in [-0.2, -0.15) is 0 Å². The van der Waals surface area contributed by atoms with Crippen molar-refractivity contribution in [1.82, 2.24) is 19.9 Å². The van der Waals surface area contributed by atoms with Crippen LogP contribution in [0.4, 0.5) is 10.2 Å². The zero-order chi connectivity index (χ0) is 20.7. The van der Waals surface area contributed by atoms with Gasteiger partial charge >= 0.3 is 0 Å². The molecule has 1 atom stereocenters. The van der Waals surface area contributed by atoms with Crippen molar-refractivity contribution in [1.29, 1.82) is 0 Å². The normalized spacial score (nSPS) is 12.3. The average molecular weight is 401 g/mol. The van der Waals surface area contributed by atoms with Gasteiger partial charge in [-0.05, 0) is 37.3 Å². The number of pyridine rings is 1. The Balaban J connectivity index is 1.69. The Labute approximate surface area is 170 Å². The zero-order valence-corrected chi connectivity index (χ0v) is 16.0. The number of fused-ring (bicyclic) bond motifs is 2.